The fourth-order valence-corrected chi connectivity index (χ4v) is 7.99. The Morgan fingerprint density at radius 1 is 0.964 bits per heavy atom. The molecule has 1 N–H and O–H groups in total. The van der Waals surface area contributed by atoms with Crippen molar-refractivity contribution in [2.75, 3.05) is 19.6 Å². The molecule has 6 aliphatic rings. The highest BCUT2D eigenvalue weighted by molar-refractivity contribution is 5.79. The summed E-state index contributed by atoms with van der Waals surface area (Å²) in [4.78, 5) is 15.8. The van der Waals surface area contributed by atoms with Crippen LogP contribution in [0.2, 0.25) is 0 Å². The highest BCUT2D eigenvalue weighted by Crippen LogP contribution is 2.56. The lowest BCUT2D eigenvalue weighted by molar-refractivity contribution is -0.134. The number of nitrogens with zero attached hydrogens (tertiary/aromatic N) is 1. The van der Waals surface area contributed by atoms with Crippen LogP contribution in [0, 0.1) is 34.5 Å². The monoisotopic (exact) mass is 386 g/mol. The molecule has 0 unspecified atom stereocenters. The second kappa shape index (κ2) is 6.72. The molecule has 0 aromatic heterocycles. The summed E-state index contributed by atoms with van der Waals surface area (Å²) < 4.78 is 0. The van der Waals surface area contributed by atoms with Gasteiger partial charge in [-0.2, -0.15) is 0 Å². The first-order chi connectivity index (χ1) is 13.2. The molecule has 6 fully saturated rings. The van der Waals surface area contributed by atoms with E-state index in [9.17, 15) is 4.79 Å². The van der Waals surface area contributed by atoms with Gasteiger partial charge in [0.15, 0.2) is 0 Å². The zero-order valence-electron chi connectivity index (χ0n) is 18.6. The maximum atomic E-state index is 13.2. The Morgan fingerprint density at radius 3 is 2.00 bits per heavy atom. The van der Waals surface area contributed by atoms with Crippen molar-refractivity contribution in [3.8, 4) is 0 Å². The van der Waals surface area contributed by atoms with Gasteiger partial charge in [0.05, 0.1) is 0 Å². The van der Waals surface area contributed by atoms with Gasteiger partial charge in [-0.3, -0.25) is 4.79 Å². The van der Waals surface area contributed by atoms with Crippen LogP contribution in [-0.2, 0) is 4.79 Å². The number of amides is 1. The third-order valence-corrected chi connectivity index (χ3v) is 9.14. The Balaban J connectivity index is 1.10. The Morgan fingerprint density at radius 2 is 1.50 bits per heavy atom. The van der Waals surface area contributed by atoms with Crippen molar-refractivity contribution in [1.82, 2.24) is 10.2 Å². The van der Waals surface area contributed by atoms with Gasteiger partial charge in [0.2, 0.25) is 5.91 Å². The van der Waals surface area contributed by atoms with Crippen molar-refractivity contribution in [1.29, 1.82) is 0 Å². The molecule has 0 aromatic rings. The van der Waals surface area contributed by atoms with Crippen LogP contribution in [0.15, 0.2) is 0 Å². The molecule has 0 aromatic carbocycles. The zero-order valence-corrected chi connectivity index (χ0v) is 18.6. The van der Waals surface area contributed by atoms with E-state index < -0.39 is 0 Å². The second-order valence-corrected chi connectivity index (χ2v) is 13.0. The number of hydrogen-bond acceptors (Lipinski definition) is 2. The molecule has 4 bridgehead atoms. The van der Waals surface area contributed by atoms with Gasteiger partial charge in [-0.25, -0.2) is 0 Å². The summed E-state index contributed by atoms with van der Waals surface area (Å²) in [5, 5.41) is 3.65. The summed E-state index contributed by atoms with van der Waals surface area (Å²) in [6.45, 7) is 10.8. The van der Waals surface area contributed by atoms with Gasteiger partial charge < -0.3 is 10.2 Å². The van der Waals surface area contributed by atoms with Gasteiger partial charge in [-0.05, 0) is 106 Å². The lowest BCUT2D eigenvalue weighted by Gasteiger charge is -2.57. The summed E-state index contributed by atoms with van der Waals surface area (Å²) in [7, 11) is 0. The van der Waals surface area contributed by atoms with Crippen LogP contribution in [0.4, 0.5) is 0 Å². The van der Waals surface area contributed by atoms with E-state index in [0.29, 0.717) is 22.7 Å². The molecular formula is C25H42N2O. The predicted molar refractivity (Wildman–Crippen MR) is 114 cm³/mol. The van der Waals surface area contributed by atoms with Crippen molar-refractivity contribution in [3.63, 3.8) is 0 Å². The van der Waals surface area contributed by atoms with Gasteiger partial charge in [0.1, 0.15) is 0 Å². The molecule has 0 atom stereocenters. The molecule has 1 saturated heterocycles. The first kappa shape index (κ1) is 19.4. The van der Waals surface area contributed by atoms with Crippen LogP contribution in [0.3, 0.4) is 0 Å². The number of nitrogens with one attached hydrogen (secondary N) is 1. The lowest BCUT2D eigenvalue weighted by Crippen LogP contribution is -2.61. The second-order valence-electron chi connectivity index (χ2n) is 13.0. The fraction of sp³-hybridized carbons (Fsp3) is 0.960. The third-order valence-electron chi connectivity index (χ3n) is 9.14. The van der Waals surface area contributed by atoms with Crippen LogP contribution in [0.25, 0.3) is 0 Å². The Labute approximate surface area is 172 Å². The average molecular weight is 387 g/mol. The van der Waals surface area contributed by atoms with Gasteiger partial charge in [-0.15, -0.1) is 0 Å². The first-order valence-corrected chi connectivity index (χ1v) is 12.3. The lowest BCUT2D eigenvalue weighted by atomic mass is 9.53. The fourth-order valence-electron chi connectivity index (χ4n) is 7.99. The highest BCUT2D eigenvalue weighted by atomic mass is 16.2. The van der Waals surface area contributed by atoms with E-state index in [1.54, 1.807) is 0 Å². The Hall–Kier alpha value is -0.570. The predicted octanol–water partition coefficient (Wildman–Crippen LogP) is 5.00. The van der Waals surface area contributed by atoms with Crippen molar-refractivity contribution < 1.29 is 4.79 Å². The summed E-state index contributed by atoms with van der Waals surface area (Å²) in [5.41, 5.74) is 1.19. The summed E-state index contributed by atoms with van der Waals surface area (Å²) >= 11 is 0. The molecule has 0 radical (unpaired) electrons. The van der Waals surface area contributed by atoms with E-state index in [1.165, 1.54) is 77.4 Å². The molecule has 1 spiro atoms. The highest BCUT2D eigenvalue weighted by Gasteiger charge is 2.52. The van der Waals surface area contributed by atoms with Gasteiger partial charge >= 0.3 is 0 Å². The Kier molecular flexibility index (Phi) is 4.66. The standard InChI is InChI=1S/C25H42N2O/c1-23(2,3)8-9-27-16-24(17-27)6-4-21(5-7-24)22(28)26-25-13-18-10-19(14-25)12-20(11-18)15-25/h18-21H,4-17H2,1-3H3,(H,26,28). The molecule has 3 heteroatoms. The molecule has 6 rings (SSSR count). The normalized spacial score (nSPS) is 39.9. The van der Waals surface area contributed by atoms with E-state index in [2.05, 4.69) is 31.0 Å². The molecule has 5 saturated carbocycles. The third kappa shape index (κ3) is 3.77. The summed E-state index contributed by atoms with van der Waals surface area (Å²) in [6.07, 6.45) is 14.3. The molecule has 1 aliphatic heterocycles. The maximum Gasteiger partial charge on any atom is 0.223 e. The summed E-state index contributed by atoms with van der Waals surface area (Å²) in [6, 6.07) is 0. The summed E-state index contributed by atoms with van der Waals surface area (Å²) in [5.74, 6) is 3.45. The minimum Gasteiger partial charge on any atom is -0.350 e. The molecule has 28 heavy (non-hydrogen) atoms. The molecule has 5 aliphatic carbocycles. The van der Waals surface area contributed by atoms with Crippen molar-refractivity contribution in [2.24, 2.45) is 34.5 Å². The topological polar surface area (TPSA) is 32.3 Å². The number of hydrogen-bond donors (Lipinski definition) is 1. The first-order valence-electron chi connectivity index (χ1n) is 12.3. The largest absolute Gasteiger partial charge is 0.350 e. The number of carbonyl (C=O) groups is 1. The van der Waals surface area contributed by atoms with Gasteiger partial charge in [0, 0.05) is 24.5 Å². The Bertz CT molecular complexity index is 567. The van der Waals surface area contributed by atoms with E-state index in [4.69, 9.17) is 0 Å². The van der Waals surface area contributed by atoms with Crippen LogP contribution in [0.1, 0.15) is 91.4 Å². The molecule has 1 heterocycles. The average Bonchev–Trinajstić information content (AvgIpc) is 2.56. The van der Waals surface area contributed by atoms with Crippen molar-refractivity contribution >= 4 is 5.91 Å². The smallest absolute Gasteiger partial charge is 0.223 e. The van der Waals surface area contributed by atoms with Gasteiger partial charge in [-0.1, -0.05) is 20.8 Å². The van der Waals surface area contributed by atoms with Crippen LogP contribution in [0.5, 0.6) is 0 Å². The molecule has 158 valence electrons. The van der Waals surface area contributed by atoms with Crippen molar-refractivity contribution in [2.45, 2.75) is 96.9 Å². The quantitative estimate of drug-likeness (QED) is 0.737. The molecule has 3 nitrogen and oxygen atoms in total. The number of rotatable bonds is 4. The molecular weight excluding hydrogens is 344 g/mol. The minimum absolute atomic E-state index is 0.196. The van der Waals surface area contributed by atoms with Crippen LogP contribution >= 0.6 is 0 Å². The van der Waals surface area contributed by atoms with Crippen molar-refractivity contribution in [3.05, 3.63) is 0 Å². The van der Waals surface area contributed by atoms with Gasteiger partial charge in [0.25, 0.3) is 0 Å². The maximum absolute atomic E-state index is 13.2. The van der Waals surface area contributed by atoms with E-state index in [1.807, 2.05) is 0 Å². The minimum atomic E-state index is 0.196. The van der Waals surface area contributed by atoms with E-state index in [-0.39, 0.29) is 5.54 Å². The van der Waals surface area contributed by atoms with Crippen LogP contribution in [-0.4, -0.2) is 36.0 Å². The number of likely N-dealkylation sites (tertiary alicyclic amines) is 1. The SMILES string of the molecule is CC(C)(C)CCN1CC2(CCC(C(=O)NC34CC5CC(CC(C5)C3)C4)CC2)C1. The number of carbonyl (C=O) groups excluding carboxylic acids is 1. The zero-order chi connectivity index (χ0) is 19.6. The van der Waals surface area contributed by atoms with E-state index >= 15 is 0 Å². The van der Waals surface area contributed by atoms with Crippen LogP contribution < -0.4 is 5.32 Å². The molecule has 1 amide bonds. The van der Waals surface area contributed by atoms with E-state index in [0.717, 1.165) is 30.6 Å².